The Balaban J connectivity index is 2.85. The van der Waals surface area contributed by atoms with Crippen LogP contribution in [0.15, 0.2) is 0 Å². The van der Waals surface area contributed by atoms with Crippen LogP contribution in [0.2, 0.25) is 0 Å². The third kappa shape index (κ3) is 2.75. The van der Waals surface area contributed by atoms with Gasteiger partial charge in [0.1, 0.15) is 5.54 Å². The van der Waals surface area contributed by atoms with Gasteiger partial charge in [0.05, 0.1) is 25.9 Å². The molecule has 1 rings (SSSR count). The van der Waals surface area contributed by atoms with Crippen molar-refractivity contribution in [1.29, 1.82) is 0 Å². The van der Waals surface area contributed by atoms with Crippen LogP contribution in [0, 0.1) is 12.3 Å². The van der Waals surface area contributed by atoms with Gasteiger partial charge in [0.2, 0.25) is 0 Å². The van der Waals surface area contributed by atoms with Gasteiger partial charge in [0.15, 0.2) is 0 Å². The van der Waals surface area contributed by atoms with Gasteiger partial charge in [-0.25, -0.2) is 0 Å². The van der Waals surface area contributed by atoms with Crippen LogP contribution in [-0.4, -0.2) is 37.4 Å². The molecule has 0 aromatic carbocycles. The van der Waals surface area contributed by atoms with Crippen LogP contribution in [0.25, 0.3) is 0 Å². The third-order valence-electron chi connectivity index (χ3n) is 2.84. The van der Waals surface area contributed by atoms with Crippen molar-refractivity contribution in [2.75, 3.05) is 13.7 Å². The van der Waals surface area contributed by atoms with Gasteiger partial charge in [-0.2, -0.15) is 0 Å². The Morgan fingerprint density at radius 1 is 1.56 bits per heavy atom. The molecule has 1 aliphatic heterocycles. The van der Waals surface area contributed by atoms with Crippen LogP contribution in [0.5, 0.6) is 0 Å². The molecule has 1 heterocycles. The van der Waals surface area contributed by atoms with Crippen molar-refractivity contribution in [2.24, 2.45) is 0 Å². The highest BCUT2D eigenvalue weighted by atomic mass is 16.5. The number of methoxy groups -OCH3 is 1. The van der Waals surface area contributed by atoms with E-state index in [0.717, 1.165) is 0 Å². The lowest BCUT2D eigenvalue weighted by atomic mass is 9.84. The maximum Gasteiger partial charge on any atom is 0.326 e. The fourth-order valence-electron chi connectivity index (χ4n) is 2.36. The van der Waals surface area contributed by atoms with Crippen molar-refractivity contribution in [3.63, 3.8) is 0 Å². The molecular weight excluding hydrogens is 206 g/mol. The molecule has 0 spiro atoms. The molecule has 0 saturated carbocycles. The molecule has 1 saturated heterocycles. The predicted octanol–water partition coefficient (Wildman–Crippen LogP) is 0.708. The zero-order valence-corrected chi connectivity index (χ0v) is 10.1. The number of terminal acetylenes is 1. The van der Waals surface area contributed by atoms with E-state index in [4.69, 9.17) is 15.9 Å². The van der Waals surface area contributed by atoms with E-state index in [-0.39, 0.29) is 18.2 Å². The molecule has 0 aliphatic carbocycles. The number of carbonyl (C=O) groups is 1. The summed E-state index contributed by atoms with van der Waals surface area (Å²) in [6.45, 7) is 4.25. The smallest absolute Gasteiger partial charge is 0.326 e. The van der Waals surface area contributed by atoms with E-state index >= 15 is 0 Å². The highest BCUT2D eigenvalue weighted by Gasteiger charge is 2.45. The molecule has 4 nitrogen and oxygen atoms in total. The number of esters is 1. The standard InChI is InChI=1S/C12H19NO3/c1-5-6-13-12(11(14)15-4)7-9(2)16-10(3)8-12/h1,9-10,13H,6-8H2,2-4H3. The molecule has 0 aromatic heterocycles. The Bertz CT molecular complexity index is 285. The zero-order chi connectivity index (χ0) is 12.2. The fourth-order valence-corrected chi connectivity index (χ4v) is 2.36. The molecule has 2 unspecified atom stereocenters. The second-order valence-corrected chi connectivity index (χ2v) is 4.30. The molecule has 4 heteroatoms. The van der Waals surface area contributed by atoms with Crippen LogP contribution in [0.1, 0.15) is 26.7 Å². The number of nitrogens with one attached hydrogen (secondary N) is 1. The van der Waals surface area contributed by atoms with E-state index in [0.29, 0.717) is 19.4 Å². The van der Waals surface area contributed by atoms with Crippen molar-refractivity contribution < 1.29 is 14.3 Å². The summed E-state index contributed by atoms with van der Waals surface area (Å²) >= 11 is 0. The Morgan fingerprint density at radius 3 is 2.56 bits per heavy atom. The van der Waals surface area contributed by atoms with Crippen LogP contribution in [0.3, 0.4) is 0 Å². The van der Waals surface area contributed by atoms with E-state index in [9.17, 15) is 4.79 Å². The molecular formula is C12H19NO3. The molecule has 0 aromatic rings. The van der Waals surface area contributed by atoms with Crippen LogP contribution < -0.4 is 5.32 Å². The Labute approximate surface area is 96.7 Å². The fraction of sp³-hybridized carbons (Fsp3) is 0.750. The van der Waals surface area contributed by atoms with Gasteiger partial charge >= 0.3 is 5.97 Å². The van der Waals surface area contributed by atoms with Crippen LogP contribution >= 0.6 is 0 Å². The topological polar surface area (TPSA) is 47.6 Å². The van der Waals surface area contributed by atoms with Gasteiger partial charge in [-0.1, -0.05) is 5.92 Å². The van der Waals surface area contributed by atoms with E-state index < -0.39 is 5.54 Å². The van der Waals surface area contributed by atoms with Crippen molar-refractivity contribution in [2.45, 2.75) is 44.4 Å². The molecule has 2 atom stereocenters. The Hall–Kier alpha value is -1.05. The lowest BCUT2D eigenvalue weighted by Crippen LogP contribution is -2.59. The number of carbonyl (C=O) groups excluding carboxylic acids is 1. The number of hydrogen-bond acceptors (Lipinski definition) is 4. The summed E-state index contributed by atoms with van der Waals surface area (Å²) in [5.41, 5.74) is -0.696. The van der Waals surface area contributed by atoms with Crippen LogP contribution in [-0.2, 0) is 14.3 Å². The summed E-state index contributed by atoms with van der Waals surface area (Å²) in [5, 5.41) is 3.11. The van der Waals surface area contributed by atoms with Gasteiger partial charge in [0, 0.05) is 12.8 Å². The maximum absolute atomic E-state index is 11.9. The molecule has 1 aliphatic rings. The third-order valence-corrected chi connectivity index (χ3v) is 2.84. The first-order valence-corrected chi connectivity index (χ1v) is 5.46. The molecule has 1 N–H and O–H groups in total. The minimum Gasteiger partial charge on any atom is -0.468 e. The first kappa shape index (κ1) is 13.0. The lowest BCUT2D eigenvalue weighted by Gasteiger charge is -2.40. The SMILES string of the molecule is C#CCNC1(C(=O)OC)CC(C)OC(C)C1. The normalized spacial score (nSPS) is 34.1. The summed E-state index contributed by atoms with van der Waals surface area (Å²) in [4.78, 5) is 11.9. The molecule has 0 radical (unpaired) electrons. The molecule has 90 valence electrons. The van der Waals surface area contributed by atoms with Gasteiger partial charge in [-0.3, -0.25) is 10.1 Å². The van der Waals surface area contributed by atoms with E-state index in [1.807, 2.05) is 13.8 Å². The van der Waals surface area contributed by atoms with Crippen molar-refractivity contribution in [3.05, 3.63) is 0 Å². The van der Waals surface area contributed by atoms with Crippen molar-refractivity contribution in [3.8, 4) is 12.3 Å². The van der Waals surface area contributed by atoms with Gasteiger partial charge < -0.3 is 9.47 Å². The monoisotopic (exact) mass is 225 g/mol. The maximum atomic E-state index is 11.9. The molecule has 16 heavy (non-hydrogen) atoms. The summed E-state index contributed by atoms with van der Waals surface area (Å²) in [6.07, 6.45) is 6.44. The van der Waals surface area contributed by atoms with Crippen molar-refractivity contribution in [1.82, 2.24) is 5.32 Å². The largest absolute Gasteiger partial charge is 0.468 e. The highest BCUT2D eigenvalue weighted by Crippen LogP contribution is 2.29. The minimum atomic E-state index is -0.696. The summed E-state index contributed by atoms with van der Waals surface area (Å²) in [6, 6.07) is 0. The summed E-state index contributed by atoms with van der Waals surface area (Å²) < 4.78 is 10.5. The van der Waals surface area contributed by atoms with E-state index in [1.54, 1.807) is 0 Å². The molecule has 1 fully saturated rings. The zero-order valence-electron chi connectivity index (χ0n) is 10.1. The van der Waals surface area contributed by atoms with Gasteiger partial charge in [0.25, 0.3) is 0 Å². The highest BCUT2D eigenvalue weighted by molar-refractivity contribution is 5.81. The van der Waals surface area contributed by atoms with E-state index in [1.165, 1.54) is 7.11 Å². The predicted molar refractivity (Wildman–Crippen MR) is 60.8 cm³/mol. The lowest BCUT2D eigenvalue weighted by molar-refractivity contribution is -0.159. The van der Waals surface area contributed by atoms with Crippen LogP contribution in [0.4, 0.5) is 0 Å². The number of ether oxygens (including phenoxy) is 2. The first-order valence-electron chi connectivity index (χ1n) is 5.46. The van der Waals surface area contributed by atoms with Gasteiger partial charge in [-0.05, 0) is 13.8 Å². The second kappa shape index (κ2) is 5.33. The number of hydrogen-bond donors (Lipinski definition) is 1. The number of rotatable bonds is 3. The average Bonchev–Trinajstić information content (AvgIpc) is 2.24. The summed E-state index contributed by atoms with van der Waals surface area (Å²) in [5.74, 6) is 2.23. The minimum absolute atomic E-state index is 0.0214. The first-order chi connectivity index (χ1) is 7.54. The Morgan fingerprint density at radius 2 is 2.12 bits per heavy atom. The van der Waals surface area contributed by atoms with Crippen molar-refractivity contribution >= 4 is 5.97 Å². The Kier molecular flexibility index (Phi) is 4.34. The summed E-state index contributed by atoms with van der Waals surface area (Å²) in [7, 11) is 1.40. The molecule has 0 amide bonds. The van der Waals surface area contributed by atoms with Gasteiger partial charge in [-0.15, -0.1) is 6.42 Å². The quantitative estimate of drug-likeness (QED) is 0.567. The van der Waals surface area contributed by atoms with E-state index in [2.05, 4.69) is 11.2 Å². The average molecular weight is 225 g/mol. The second-order valence-electron chi connectivity index (χ2n) is 4.30. The molecule has 0 bridgehead atoms.